The molecule has 0 aliphatic heterocycles. The van der Waals surface area contributed by atoms with Crippen molar-refractivity contribution in [2.24, 2.45) is 0 Å². The summed E-state index contributed by atoms with van der Waals surface area (Å²) in [6.07, 6.45) is 1.47. The van der Waals surface area contributed by atoms with Crippen molar-refractivity contribution in [3.63, 3.8) is 0 Å². The van der Waals surface area contributed by atoms with Crippen LogP contribution in [0.4, 0.5) is 15.2 Å². The van der Waals surface area contributed by atoms with Crippen LogP contribution in [0.1, 0.15) is 24.1 Å². The van der Waals surface area contributed by atoms with E-state index in [-0.39, 0.29) is 28.4 Å². The molecule has 1 heterocycles. The molecular weight excluding hydrogens is 572 g/mol. The van der Waals surface area contributed by atoms with Gasteiger partial charge in [0.05, 0.1) is 37.5 Å². The molecule has 1 atom stereocenters. The van der Waals surface area contributed by atoms with Crippen LogP contribution in [0.25, 0.3) is 0 Å². The maximum Gasteiger partial charge on any atom is 0.269 e. The molecule has 3 aromatic carbocycles. The average Bonchev–Trinajstić information content (AvgIpc) is 3.43. The smallest absolute Gasteiger partial charge is 0.269 e. The Hall–Kier alpha value is -3.05. The van der Waals surface area contributed by atoms with Gasteiger partial charge in [-0.3, -0.25) is 0 Å². The summed E-state index contributed by atoms with van der Waals surface area (Å²) >= 11 is 13.8. The zero-order chi connectivity index (χ0) is 27.4. The zero-order valence-corrected chi connectivity index (χ0v) is 23.8. The van der Waals surface area contributed by atoms with E-state index >= 15 is 4.39 Å². The number of halogens is 3. The van der Waals surface area contributed by atoms with Gasteiger partial charge in [0.25, 0.3) is 10.0 Å². The lowest BCUT2D eigenvalue weighted by molar-refractivity contribution is 0.391. The van der Waals surface area contributed by atoms with Gasteiger partial charge in [-0.1, -0.05) is 41.4 Å². The third-order valence-electron chi connectivity index (χ3n) is 5.77. The van der Waals surface area contributed by atoms with Gasteiger partial charge in [-0.05, 0) is 42.8 Å². The fourth-order valence-corrected chi connectivity index (χ4v) is 6.75. The largest absolute Gasteiger partial charge is 0.497 e. The SMILES string of the molecule is COc1ccc(CN(c2nccs2)S(=O)(=O)c2cc(Cl)c(N[C@@H](C)c3ccccc3Cl)cc2F)c(OC)c1. The van der Waals surface area contributed by atoms with Crippen molar-refractivity contribution in [2.45, 2.75) is 24.4 Å². The Balaban J connectivity index is 1.70. The van der Waals surface area contributed by atoms with E-state index in [1.807, 2.05) is 19.1 Å². The Morgan fingerprint density at radius 2 is 1.84 bits per heavy atom. The summed E-state index contributed by atoms with van der Waals surface area (Å²) in [7, 11) is -1.45. The fraction of sp³-hybridized carbons (Fsp3) is 0.192. The molecule has 4 aromatic rings. The summed E-state index contributed by atoms with van der Waals surface area (Å²) < 4.78 is 54.8. The van der Waals surface area contributed by atoms with Crippen molar-refractivity contribution in [1.82, 2.24) is 4.98 Å². The molecule has 1 aromatic heterocycles. The van der Waals surface area contributed by atoms with E-state index in [0.717, 1.165) is 33.3 Å². The highest BCUT2D eigenvalue weighted by Crippen LogP contribution is 2.36. The first-order chi connectivity index (χ1) is 18.1. The van der Waals surface area contributed by atoms with Crippen molar-refractivity contribution in [2.75, 3.05) is 23.8 Å². The Morgan fingerprint density at radius 3 is 2.50 bits per heavy atom. The summed E-state index contributed by atoms with van der Waals surface area (Å²) in [6.45, 7) is 1.68. The van der Waals surface area contributed by atoms with Crippen LogP contribution in [0.15, 0.2) is 71.1 Å². The second-order valence-corrected chi connectivity index (χ2v) is 11.7. The average molecular weight is 597 g/mol. The molecule has 0 aliphatic rings. The number of sulfonamides is 1. The predicted octanol–water partition coefficient (Wildman–Crippen LogP) is 7.17. The van der Waals surface area contributed by atoms with Gasteiger partial charge in [0.15, 0.2) is 5.13 Å². The van der Waals surface area contributed by atoms with Gasteiger partial charge < -0.3 is 14.8 Å². The molecule has 12 heteroatoms. The van der Waals surface area contributed by atoms with Crippen molar-refractivity contribution < 1.29 is 22.3 Å². The van der Waals surface area contributed by atoms with Crippen LogP contribution < -0.4 is 19.1 Å². The Kier molecular flexibility index (Phi) is 8.67. The lowest BCUT2D eigenvalue weighted by atomic mass is 10.1. The van der Waals surface area contributed by atoms with Crippen molar-refractivity contribution in [3.8, 4) is 11.5 Å². The van der Waals surface area contributed by atoms with Crippen LogP contribution in [-0.4, -0.2) is 27.6 Å². The molecule has 0 unspecified atom stereocenters. The Morgan fingerprint density at radius 1 is 1.08 bits per heavy atom. The predicted molar refractivity (Wildman–Crippen MR) is 150 cm³/mol. The normalized spacial score (nSPS) is 12.2. The molecule has 0 saturated heterocycles. The third kappa shape index (κ3) is 5.83. The van der Waals surface area contributed by atoms with E-state index in [0.29, 0.717) is 22.1 Å². The zero-order valence-electron chi connectivity index (χ0n) is 20.6. The highest BCUT2D eigenvalue weighted by molar-refractivity contribution is 7.93. The molecule has 1 N–H and O–H groups in total. The first kappa shape index (κ1) is 28.0. The van der Waals surface area contributed by atoms with Gasteiger partial charge in [0, 0.05) is 28.2 Å². The fourth-order valence-electron chi connectivity index (χ4n) is 3.82. The molecule has 0 aliphatic carbocycles. The summed E-state index contributed by atoms with van der Waals surface area (Å²) in [4.78, 5) is 3.58. The van der Waals surface area contributed by atoms with Crippen LogP contribution in [0.5, 0.6) is 11.5 Å². The molecule has 4 rings (SSSR count). The second kappa shape index (κ2) is 11.8. The van der Waals surface area contributed by atoms with Crippen molar-refractivity contribution in [3.05, 3.63) is 93.2 Å². The number of benzene rings is 3. The minimum atomic E-state index is -4.43. The Bertz CT molecular complexity index is 1540. The van der Waals surface area contributed by atoms with E-state index in [1.54, 1.807) is 35.7 Å². The maximum atomic E-state index is 15.5. The monoisotopic (exact) mass is 595 g/mol. The number of ether oxygens (including phenoxy) is 2. The highest BCUT2D eigenvalue weighted by atomic mass is 35.5. The molecule has 0 amide bonds. The molecule has 0 fully saturated rings. The molecule has 38 heavy (non-hydrogen) atoms. The van der Waals surface area contributed by atoms with Gasteiger partial charge in [0.2, 0.25) is 0 Å². The number of anilines is 2. The summed E-state index contributed by atoms with van der Waals surface area (Å²) in [5, 5.41) is 5.47. The molecule has 0 saturated carbocycles. The van der Waals surface area contributed by atoms with Gasteiger partial charge in [-0.15, -0.1) is 11.3 Å². The summed E-state index contributed by atoms with van der Waals surface area (Å²) in [5.41, 5.74) is 1.55. The van der Waals surface area contributed by atoms with Crippen molar-refractivity contribution in [1.29, 1.82) is 0 Å². The second-order valence-electron chi connectivity index (χ2n) is 8.15. The minimum absolute atomic E-state index is 0.0324. The van der Waals surface area contributed by atoms with E-state index in [9.17, 15) is 8.42 Å². The van der Waals surface area contributed by atoms with E-state index < -0.39 is 20.7 Å². The quantitative estimate of drug-likeness (QED) is 0.209. The molecular formula is C26H24Cl2FN3O4S2. The lowest BCUT2D eigenvalue weighted by Crippen LogP contribution is -2.31. The van der Waals surface area contributed by atoms with Gasteiger partial charge in [0.1, 0.15) is 22.2 Å². The first-order valence-electron chi connectivity index (χ1n) is 11.3. The number of nitrogens with zero attached hydrogens (tertiary/aromatic N) is 2. The van der Waals surface area contributed by atoms with E-state index in [2.05, 4.69) is 10.3 Å². The number of nitrogens with one attached hydrogen (secondary N) is 1. The number of thiazole rings is 1. The maximum absolute atomic E-state index is 15.5. The number of rotatable bonds is 10. The number of hydrogen-bond donors (Lipinski definition) is 1. The summed E-state index contributed by atoms with van der Waals surface area (Å²) in [6, 6.07) is 14.1. The number of hydrogen-bond acceptors (Lipinski definition) is 7. The van der Waals surface area contributed by atoms with Crippen LogP contribution in [0.2, 0.25) is 10.0 Å². The van der Waals surface area contributed by atoms with Gasteiger partial charge in [-0.25, -0.2) is 22.1 Å². The molecule has 7 nitrogen and oxygen atoms in total. The number of aromatic nitrogens is 1. The molecule has 200 valence electrons. The van der Waals surface area contributed by atoms with Crippen LogP contribution >= 0.6 is 34.5 Å². The van der Waals surface area contributed by atoms with Gasteiger partial charge in [-0.2, -0.15) is 0 Å². The van der Waals surface area contributed by atoms with Gasteiger partial charge >= 0.3 is 0 Å². The van der Waals surface area contributed by atoms with Crippen molar-refractivity contribution >= 4 is 55.4 Å². The lowest BCUT2D eigenvalue weighted by Gasteiger charge is -2.24. The first-order valence-corrected chi connectivity index (χ1v) is 14.4. The van der Waals surface area contributed by atoms with Crippen LogP contribution in [0.3, 0.4) is 0 Å². The Labute approximate surface area is 234 Å². The van der Waals surface area contributed by atoms with E-state index in [4.69, 9.17) is 32.7 Å². The standard InChI is InChI=1S/C26H24Cl2FN3O4S2/c1-16(19-6-4-5-7-20(19)27)31-23-14-22(29)25(13-21(23)28)38(33,34)32(26-30-10-11-37-26)15-17-8-9-18(35-2)12-24(17)36-3/h4-14,16,31H,15H2,1-3H3/t16-/m0/s1. The third-order valence-corrected chi connectivity index (χ3v) is 9.09. The molecule has 0 radical (unpaired) electrons. The topological polar surface area (TPSA) is 80.8 Å². The number of methoxy groups -OCH3 is 2. The summed E-state index contributed by atoms with van der Waals surface area (Å²) in [5.74, 6) is -0.0135. The van der Waals surface area contributed by atoms with Crippen LogP contribution in [-0.2, 0) is 16.6 Å². The van der Waals surface area contributed by atoms with Crippen LogP contribution in [0, 0.1) is 5.82 Å². The molecule has 0 spiro atoms. The minimum Gasteiger partial charge on any atom is -0.497 e. The molecule has 0 bridgehead atoms. The highest BCUT2D eigenvalue weighted by Gasteiger charge is 2.32. The van der Waals surface area contributed by atoms with E-state index in [1.165, 1.54) is 20.4 Å².